The summed E-state index contributed by atoms with van der Waals surface area (Å²) in [5.41, 5.74) is 2.12. The number of amides is 2. The van der Waals surface area contributed by atoms with Gasteiger partial charge in [0.1, 0.15) is 12.7 Å². The van der Waals surface area contributed by atoms with Gasteiger partial charge in [0.2, 0.25) is 0 Å². The molecule has 1 atom stereocenters. The fraction of sp³-hybridized carbons (Fsp3) is 0.400. The summed E-state index contributed by atoms with van der Waals surface area (Å²) < 4.78 is 1.75. The summed E-state index contributed by atoms with van der Waals surface area (Å²) >= 11 is 0. The molecule has 1 aromatic heterocycles. The number of carbonyl (C=O) groups is 1. The van der Waals surface area contributed by atoms with E-state index in [1.807, 2.05) is 31.2 Å². The zero-order chi connectivity index (χ0) is 15.8. The number of nitrogens with one attached hydrogen (secondary N) is 2. The number of nitrogens with zero attached hydrogens (tertiary/aromatic N) is 3. The van der Waals surface area contributed by atoms with E-state index in [2.05, 4.69) is 20.7 Å². The average molecular weight is 303 g/mol. The van der Waals surface area contributed by atoms with Gasteiger partial charge in [-0.25, -0.2) is 14.5 Å². The third-order valence-corrected chi connectivity index (χ3v) is 3.34. The van der Waals surface area contributed by atoms with Crippen molar-refractivity contribution in [3.05, 3.63) is 48.0 Å². The zero-order valence-electron chi connectivity index (χ0n) is 12.6. The molecule has 0 fully saturated rings. The van der Waals surface area contributed by atoms with Crippen LogP contribution in [0.25, 0.3) is 0 Å². The molecule has 0 saturated carbocycles. The molecule has 0 saturated heterocycles. The van der Waals surface area contributed by atoms with Crippen LogP contribution in [0.2, 0.25) is 0 Å². The lowest BCUT2D eigenvalue weighted by Gasteiger charge is -2.14. The summed E-state index contributed by atoms with van der Waals surface area (Å²) in [5.74, 6) is 0. The van der Waals surface area contributed by atoms with Gasteiger partial charge in [0.05, 0.1) is 19.2 Å². The summed E-state index contributed by atoms with van der Waals surface area (Å²) in [6.07, 6.45) is 3.87. The molecule has 0 aliphatic heterocycles. The molecule has 0 bridgehead atoms. The number of benzene rings is 1. The van der Waals surface area contributed by atoms with E-state index in [1.165, 1.54) is 6.33 Å². The van der Waals surface area contributed by atoms with Crippen molar-refractivity contribution >= 4 is 6.03 Å². The third-order valence-electron chi connectivity index (χ3n) is 3.34. The van der Waals surface area contributed by atoms with Gasteiger partial charge in [-0.1, -0.05) is 31.2 Å². The van der Waals surface area contributed by atoms with Gasteiger partial charge in [-0.2, -0.15) is 5.10 Å². The molecule has 0 aliphatic rings. The minimum absolute atomic E-state index is 0.0547. The molecule has 2 amide bonds. The second-order valence-corrected chi connectivity index (χ2v) is 5.02. The summed E-state index contributed by atoms with van der Waals surface area (Å²) in [6.45, 7) is 2.97. The lowest BCUT2D eigenvalue weighted by atomic mass is 10.1. The Bertz CT molecular complexity index is 564. The smallest absolute Gasteiger partial charge is 0.315 e. The first kappa shape index (κ1) is 16.0. The SMILES string of the molecule is CC[C@@H](CO)NC(=O)NCc1ccc(Cn2cncn2)cc1. The summed E-state index contributed by atoms with van der Waals surface area (Å²) in [5, 5.41) is 18.6. The van der Waals surface area contributed by atoms with Crippen molar-refractivity contribution in [2.24, 2.45) is 0 Å². The third kappa shape index (κ3) is 4.85. The fourth-order valence-electron chi connectivity index (χ4n) is 1.96. The molecule has 1 aromatic carbocycles. The topological polar surface area (TPSA) is 92.1 Å². The zero-order valence-corrected chi connectivity index (χ0v) is 12.6. The molecular weight excluding hydrogens is 282 g/mol. The van der Waals surface area contributed by atoms with E-state index in [0.717, 1.165) is 11.1 Å². The molecule has 7 nitrogen and oxygen atoms in total. The maximum absolute atomic E-state index is 11.7. The highest BCUT2D eigenvalue weighted by Crippen LogP contribution is 2.05. The van der Waals surface area contributed by atoms with Crippen LogP contribution in [-0.2, 0) is 13.1 Å². The fourth-order valence-corrected chi connectivity index (χ4v) is 1.96. The second kappa shape index (κ2) is 8.14. The largest absolute Gasteiger partial charge is 0.394 e. The first-order chi connectivity index (χ1) is 10.7. The van der Waals surface area contributed by atoms with Crippen molar-refractivity contribution in [2.75, 3.05) is 6.61 Å². The van der Waals surface area contributed by atoms with E-state index < -0.39 is 0 Å². The number of aromatic nitrogens is 3. The number of hydrogen-bond acceptors (Lipinski definition) is 4. The average Bonchev–Trinajstić information content (AvgIpc) is 3.05. The molecule has 2 rings (SSSR count). The minimum atomic E-state index is -0.271. The Morgan fingerprint density at radius 2 is 2.05 bits per heavy atom. The van der Waals surface area contributed by atoms with Gasteiger partial charge in [-0.15, -0.1) is 0 Å². The summed E-state index contributed by atoms with van der Waals surface area (Å²) in [4.78, 5) is 15.6. The monoisotopic (exact) mass is 303 g/mol. The van der Waals surface area contributed by atoms with Crippen molar-refractivity contribution in [1.29, 1.82) is 0 Å². The normalized spacial score (nSPS) is 11.9. The molecule has 0 aliphatic carbocycles. The predicted molar refractivity (Wildman–Crippen MR) is 82.1 cm³/mol. The number of hydrogen-bond donors (Lipinski definition) is 3. The Morgan fingerprint density at radius 1 is 1.32 bits per heavy atom. The Hall–Kier alpha value is -2.41. The van der Waals surface area contributed by atoms with Crippen LogP contribution < -0.4 is 10.6 Å². The van der Waals surface area contributed by atoms with Crippen molar-refractivity contribution in [1.82, 2.24) is 25.4 Å². The van der Waals surface area contributed by atoms with Crippen molar-refractivity contribution in [3.8, 4) is 0 Å². The highest BCUT2D eigenvalue weighted by molar-refractivity contribution is 5.74. The summed E-state index contributed by atoms with van der Waals surface area (Å²) in [7, 11) is 0. The van der Waals surface area contributed by atoms with Crippen molar-refractivity contribution in [2.45, 2.75) is 32.5 Å². The quantitative estimate of drug-likeness (QED) is 0.708. The van der Waals surface area contributed by atoms with Gasteiger partial charge in [0.25, 0.3) is 0 Å². The lowest BCUT2D eigenvalue weighted by Crippen LogP contribution is -2.43. The predicted octanol–water partition coefficient (Wildman–Crippen LogP) is 0.896. The molecule has 2 aromatic rings. The van der Waals surface area contributed by atoms with Crippen LogP contribution in [0.1, 0.15) is 24.5 Å². The van der Waals surface area contributed by atoms with Crippen LogP contribution in [0.3, 0.4) is 0 Å². The van der Waals surface area contributed by atoms with E-state index in [1.54, 1.807) is 11.0 Å². The van der Waals surface area contributed by atoms with E-state index in [0.29, 0.717) is 19.5 Å². The number of rotatable bonds is 7. The highest BCUT2D eigenvalue weighted by Gasteiger charge is 2.08. The van der Waals surface area contributed by atoms with E-state index in [-0.39, 0.29) is 18.7 Å². The van der Waals surface area contributed by atoms with E-state index in [4.69, 9.17) is 5.11 Å². The maximum atomic E-state index is 11.7. The van der Waals surface area contributed by atoms with Crippen molar-refractivity contribution < 1.29 is 9.90 Å². The van der Waals surface area contributed by atoms with Gasteiger partial charge in [0, 0.05) is 6.54 Å². The molecule has 0 spiro atoms. The Labute approximate surface area is 129 Å². The Kier molecular flexibility index (Phi) is 5.91. The molecule has 22 heavy (non-hydrogen) atoms. The molecular formula is C15H21N5O2. The van der Waals surface area contributed by atoms with Crippen LogP contribution >= 0.6 is 0 Å². The van der Waals surface area contributed by atoms with Crippen LogP contribution in [0.4, 0.5) is 4.79 Å². The van der Waals surface area contributed by atoms with Gasteiger partial charge in [0.15, 0.2) is 0 Å². The summed E-state index contributed by atoms with van der Waals surface area (Å²) in [6, 6.07) is 7.46. The Balaban J connectivity index is 1.80. The van der Waals surface area contributed by atoms with Crippen LogP contribution in [0.15, 0.2) is 36.9 Å². The highest BCUT2D eigenvalue weighted by atomic mass is 16.3. The first-order valence-electron chi connectivity index (χ1n) is 7.26. The Morgan fingerprint density at radius 3 is 2.64 bits per heavy atom. The number of aliphatic hydroxyl groups excluding tert-OH is 1. The second-order valence-electron chi connectivity index (χ2n) is 5.02. The molecule has 1 heterocycles. The van der Waals surface area contributed by atoms with Crippen LogP contribution in [0.5, 0.6) is 0 Å². The maximum Gasteiger partial charge on any atom is 0.315 e. The van der Waals surface area contributed by atoms with Gasteiger partial charge < -0.3 is 15.7 Å². The molecule has 0 radical (unpaired) electrons. The molecule has 3 N–H and O–H groups in total. The molecule has 7 heteroatoms. The van der Waals surface area contributed by atoms with E-state index >= 15 is 0 Å². The van der Waals surface area contributed by atoms with Crippen LogP contribution in [-0.4, -0.2) is 38.6 Å². The standard InChI is InChI=1S/C15H21N5O2/c1-2-14(9-21)19-15(22)17-7-12-3-5-13(6-4-12)8-20-11-16-10-18-20/h3-6,10-11,14,21H,2,7-9H2,1H3,(H2,17,19,22)/t14-/m0/s1. The van der Waals surface area contributed by atoms with Crippen LogP contribution in [0, 0.1) is 0 Å². The molecule has 118 valence electrons. The van der Waals surface area contributed by atoms with Gasteiger partial charge in [-0.3, -0.25) is 0 Å². The van der Waals surface area contributed by atoms with Gasteiger partial charge in [-0.05, 0) is 17.5 Å². The van der Waals surface area contributed by atoms with Gasteiger partial charge >= 0.3 is 6.03 Å². The minimum Gasteiger partial charge on any atom is -0.394 e. The molecule has 0 unspecified atom stereocenters. The van der Waals surface area contributed by atoms with Crippen molar-refractivity contribution in [3.63, 3.8) is 0 Å². The lowest BCUT2D eigenvalue weighted by molar-refractivity contribution is 0.214. The van der Waals surface area contributed by atoms with E-state index in [9.17, 15) is 4.79 Å². The number of aliphatic hydroxyl groups is 1. The first-order valence-corrected chi connectivity index (χ1v) is 7.26. The number of urea groups is 1. The number of carbonyl (C=O) groups excluding carboxylic acids is 1.